The number of para-hydroxylation sites is 1. The number of carbonyl (C=O) groups is 1. The summed E-state index contributed by atoms with van der Waals surface area (Å²) in [5.74, 6) is 0.704. The second-order valence-electron chi connectivity index (χ2n) is 5.21. The van der Waals surface area contributed by atoms with Gasteiger partial charge < -0.3 is 10.2 Å². The molecule has 1 amide bonds. The highest BCUT2D eigenvalue weighted by Crippen LogP contribution is 2.34. The van der Waals surface area contributed by atoms with Gasteiger partial charge >= 0.3 is 0 Å². The van der Waals surface area contributed by atoms with E-state index in [4.69, 9.17) is 11.6 Å². The Kier molecular flexibility index (Phi) is 4.92. The first-order valence-electron chi connectivity index (χ1n) is 7.25. The Bertz CT molecular complexity index is 800. The number of thioether (sulfide) groups is 1. The molecule has 0 aliphatic carbocycles. The highest BCUT2D eigenvalue weighted by atomic mass is 35.5. The zero-order valence-electron chi connectivity index (χ0n) is 12.6. The predicted octanol–water partition coefficient (Wildman–Crippen LogP) is 3.80. The lowest BCUT2D eigenvalue weighted by Gasteiger charge is -2.30. The number of nitro groups is 1. The Morgan fingerprint density at radius 2 is 2.12 bits per heavy atom. The van der Waals surface area contributed by atoms with Crippen molar-refractivity contribution in [3.05, 3.63) is 57.6 Å². The lowest BCUT2D eigenvalue weighted by Crippen LogP contribution is -2.36. The molecular formula is C16H14ClN3O3S. The van der Waals surface area contributed by atoms with Gasteiger partial charge in [-0.05, 0) is 18.2 Å². The van der Waals surface area contributed by atoms with Crippen molar-refractivity contribution in [3.63, 3.8) is 0 Å². The lowest BCUT2D eigenvalue weighted by atomic mass is 10.2. The Balaban J connectivity index is 1.70. The van der Waals surface area contributed by atoms with E-state index in [1.54, 1.807) is 11.8 Å². The maximum absolute atomic E-state index is 12.3. The molecule has 2 aromatic carbocycles. The number of anilines is 2. The van der Waals surface area contributed by atoms with Gasteiger partial charge in [0.1, 0.15) is 0 Å². The molecule has 1 heterocycles. The molecule has 0 aromatic heterocycles. The number of non-ortho nitro benzene ring substituents is 1. The number of hydrogen-bond donors (Lipinski definition) is 1. The zero-order valence-corrected chi connectivity index (χ0v) is 14.1. The van der Waals surface area contributed by atoms with E-state index < -0.39 is 4.92 Å². The van der Waals surface area contributed by atoms with E-state index >= 15 is 0 Å². The number of nitrogens with one attached hydrogen (secondary N) is 1. The Hall–Kier alpha value is -2.25. The van der Waals surface area contributed by atoms with Crippen molar-refractivity contribution in [2.24, 2.45) is 0 Å². The van der Waals surface area contributed by atoms with Crippen LogP contribution in [0.2, 0.25) is 5.02 Å². The number of halogens is 1. The Morgan fingerprint density at radius 1 is 1.33 bits per heavy atom. The minimum absolute atomic E-state index is 0.111. The number of rotatable bonds is 4. The van der Waals surface area contributed by atoms with Crippen LogP contribution < -0.4 is 10.2 Å². The molecule has 8 heteroatoms. The van der Waals surface area contributed by atoms with Crippen LogP contribution in [0.15, 0.2) is 47.4 Å². The van der Waals surface area contributed by atoms with Crippen LogP contribution in [0.1, 0.15) is 0 Å². The number of carbonyl (C=O) groups excluding carboxylic acids is 1. The highest BCUT2D eigenvalue weighted by molar-refractivity contribution is 7.99. The van der Waals surface area contributed by atoms with Gasteiger partial charge in [0.25, 0.3) is 5.69 Å². The summed E-state index contributed by atoms with van der Waals surface area (Å²) in [6.07, 6.45) is 0. The first-order chi connectivity index (χ1) is 11.5. The third-order valence-corrected chi connectivity index (χ3v) is 4.95. The maximum Gasteiger partial charge on any atom is 0.271 e. The van der Waals surface area contributed by atoms with E-state index in [0.29, 0.717) is 5.69 Å². The molecule has 3 rings (SSSR count). The van der Waals surface area contributed by atoms with Crippen LogP contribution in [0.5, 0.6) is 0 Å². The number of nitro benzene ring substituents is 1. The van der Waals surface area contributed by atoms with Crippen molar-refractivity contribution >= 4 is 46.3 Å². The SMILES string of the molecule is O=C(CN1CCSc2ccccc21)Nc1ccc([N+](=O)[O-])cc1Cl. The normalized spacial score (nSPS) is 13.3. The number of benzene rings is 2. The van der Waals surface area contributed by atoms with Gasteiger partial charge in [0, 0.05) is 29.3 Å². The Morgan fingerprint density at radius 3 is 2.88 bits per heavy atom. The quantitative estimate of drug-likeness (QED) is 0.660. The van der Waals surface area contributed by atoms with Crippen molar-refractivity contribution in [2.75, 3.05) is 29.1 Å². The number of hydrogen-bond acceptors (Lipinski definition) is 5. The first-order valence-corrected chi connectivity index (χ1v) is 8.61. The fourth-order valence-corrected chi connectivity index (χ4v) is 3.75. The number of nitrogens with zero attached hydrogens (tertiary/aromatic N) is 2. The molecule has 6 nitrogen and oxygen atoms in total. The van der Waals surface area contributed by atoms with Gasteiger partial charge in [0.05, 0.1) is 27.9 Å². The van der Waals surface area contributed by atoms with Gasteiger partial charge in [-0.1, -0.05) is 23.7 Å². The summed E-state index contributed by atoms with van der Waals surface area (Å²) < 4.78 is 0. The molecule has 24 heavy (non-hydrogen) atoms. The molecule has 0 atom stereocenters. The van der Waals surface area contributed by atoms with E-state index in [9.17, 15) is 14.9 Å². The van der Waals surface area contributed by atoms with Gasteiger partial charge in [-0.2, -0.15) is 0 Å². The zero-order chi connectivity index (χ0) is 17.1. The van der Waals surface area contributed by atoms with E-state index in [2.05, 4.69) is 5.32 Å². The summed E-state index contributed by atoms with van der Waals surface area (Å²) in [6.45, 7) is 0.980. The number of amides is 1. The summed E-state index contributed by atoms with van der Waals surface area (Å²) in [5, 5.41) is 13.6. The van der Waals surface area contributed by atoms with Gasteiger partial charge in [-0.15, -0.1) is 11.8 Å². The molecule has 0 unspecified atom stereocenters. The smallest absolute Gasteiger partial charge is 0.271 e. The molecule has 1 aliphatic heterocycles. The van der Waals surface area contributed by atoms with Gasteiger partial charge in [0.15, 0.2) is 0 Å². The first kappa shape index (κ1) is 16.6. The molecule has 1 aliphatic rings. The molecular weight excluding hydrogens is 350 g/mol. The molecule has 0 saturated heterocycles. The monoisotopic (exact) mass is 363 g/mol. The summed E-state index contributed by atoms with van der Waals surface area (Å²) in [5.41, 5.74) is 1.30. The summed E-state index contributed by atoms with van der Waals surface area (Å²) in [4.78, 5) is 25.7. The lowest BCUT2D eigenvalue weighted by molar-refractivity contribution is -0.384. The average molecular weight is 364 g/mol. The summed E-state index contributed by atoms with van der Waals surface area (Å²) in [7, 11) is 0. The molecule has 0 saturated carbocycles. The van der Waals surface area contributed by atoms with Crippen molar-refractivity contribution in [2.45, 2.75) is 4.90 Å². The van der Waals surface area contributed by atoms with Gasteiger partial charge in [-0.25, -0.2) is 0 Å². The maximum atomic E-state index is 12.3. The minimum Gasteiger partial charge on any atom is -0.360 e. The van der Waals surface area contributed by atoms with Crippen molar-refractivity contribution in [3.8, 4) is 0 Å². The van der Waals surface area contributed by atoms with E-state index in [0.717, 1.165) is 22.9 Å². The second kappa shape index (κ2) is 7.11. The molecule has 0 radical (unpaired) electrons. The number of fused-ring (bicyclic) bond motifs is 1. The van der Waals surface area contributed by atoms with Crippen molar-refractivity contribution in [1.82, 2.24) is 0 Å². The van der Waals surface area contributed by atoms with Gasteiger partial charge in [-0.3, -0.25) is 14.9 Å². The van der Waals surface area contributed by atoms with Crippen molar-refractivity contribution in [1.29, 1.82) is 0 Å². The summed E-state index contributed by atoms with van der Waals surface area (Å²) >= 11 is 7.78. The van der Waals surface area contributed by atoms with Gasteiger partial charge in [0.2, 0.25) is 5.91 Å². The fraction of sp³-hybridized carbons (Fsp3) is 0.188. The molecule has 0 spiro atoms. The highest BCUT2D eigenvalue weighted by Gasteiger charge is 2.20. The minimum atomic E-state index is -0.528. The largest absolute Gasteiger partial charge is 0.360 e. The summed E-state index contributed by atoms with van der Waals surface area (Å²) in [6, 6.07) is 11.9. The van der Waals surface area contributed by atoms with Crippen LogP contribution in [0.3, 0.4) is 0 Å². The topological polar surface area (TPSA) is 75.5 Å². The van der Waals surface area contributed by atoms with Crippen LogP contribution in [-0.4, -0.2) is 29.7 Å². The van der Waals surface area contributed by atoms with Crippen LogP contribution in [0.4, 0.5) is 17.1 Å². The van der Waals surface area contributed by atoms with Crippen LogP contribution in [0.25, 0.3) is 0 Å². The molecule has 0 bridgehead atoms. The van der Waals surface area contributed by atoms with Crippen LogP contribution >= 0.6 is 23.4 Å². The van der Waals surface area contributed by atoms with Crippen LogP contribution in [0, 0.1) is 10.1 Å². The Labute approximate surface area is 147 Å². The third-order valence-electron chi connectivity index (χ3n) is 3.60. The standard InChI is InChI=1S/C16H14ClN3O3S/c17-12-9-11(20(22)23)5-6-13(12)18-16(21)10-19-7-8-24-15-4-2-1-3-14(15)19/h1-6,9H,7-8,10H2,(H,18,21). The van der Waals surface area contributed by atoms with Crippen LogP contribution in [-0.2, 0) is 4.79 Å². The fourth-order valence-electron chi connectivity index (χ4n) is 2.47. The third kappa shape index (κ3) is 3.63. The molecule has 2 aromatic rings. The molecule has 1 N–H and O–H groups in total. The average Bonchev–Trinajstić information content (AvgIpc) is 2.57. The van der Waals surface area contributed by atoms with E-state index in [1.807, 2.05) is 29.2 Å². The molecule has 124 valence electrons. The van der Waals surface area contributed by atoms with E-state index in [-0.39, 0.29) is 23.2 Å². The predicted molar refractivity (Wildman–Crippen MR) is 96.1 cm³/mol. The van der Waals surface area contributed by atoms with Crippen molar-refractivity contribution < 1.29 is 9.72 Å². The second-order valence-corrected chi connectivity index (χ2v) is 6.75. The van der Waals surface area contributed by atoms with E-state index in [1.165, 1.54) is 18.2 Å². The molecule has 0 fully saturated rings.